The predicted molar refractivity (Wildman–Crippen MR) is 78.4 cm³/mol. The minimum Gasteiger partial charge on any atom is -0.394 e. The van der Waals surface area contributed by atoms with Crippen molar-refractivity contribution < 1.29 is 5.11 Å². The van der Waals surface area contributed by atoms with Gasteiger partial charge in [0.2, 0.25) is 0 Å². The number of hydrogen-bond donors (Lipinski definition) is 2. The Bertz CT molecular complexity index is 579. The van der Waals surface area contributed by atoms with Gasteiger partial charge >= 0.3 is 0 Å². The minimum atomic E-state index is -0.411. The van der Waals surface area contributed by atoms with Crippen LogP contribution in [0.5, 0.6) is 0 Å². The van der Waals surface area contributed by atoms with Crippen molar-refractivity contribution >= 4 is 16.7 Å². The number of aliphatic hydroxyl groups excluding tert-OH is 1. The number of nitrogens with zero attached hydrogens (tertiary/aromatic N) is 2. The molecular weight excluding hydrogens is 238 g/mol. The molecule has 19 heavy (non-hydrogen) atoms. The van der Waals surface area contributed by atoms with Gasteiger partial charge in [-0.25, -0.2) is 9.97 Å². The Balaban J connectivity index is 2.56. The van der Waals surface area contributed by atoms with Crippen LogP contribution in [-0.4, -0.2) is 27.2 Å². The molecule has 1 aromatic heterocycles. The van der Waals surface area contributed by atoms with Crippen molar-refractivity contribution in [2.45, 2.75) is 39.2 Å². The fourth-order valence-electron chi connectivity index (χ4n) is 1.81. The summed E-state index contributed by atoms with van der Waals surface area (Å²) in [5.74, 6) is 1.87. The molecular formula is C15H21N3O. The van der Waals surface area contributed by atoms with E-state index in [1.807, 2.05) is 38.1 Å². The third-order valence-electron chi connectivity index (χ3n) is 2.99. The van der Waals surface area contributed by atoms with Crippen molar-refractivity contribution in [1.82, 2.24) is 9.97 Å². The Labute approximate surface area is 113 Å². The van der Waals surface area contributed by atoms with Crippen LogP contribution in [0.2, 0.25) is 0 Å². The first kappa shape index (κ1) is 13.7. The van der Waals surface area contributed by atoms with E-state index in [1.165, 1.54) is 0 Å². The highest BCUT2D eigenvalue weighted by Gasteiger charge is 2.19. The molecule has 1 aromatic carbocycles. The lowest BCUT2D eigenvalue weighted by atomic mass is 10.1. The summed E-state index contributed by atoms with van der Waals surface area (Å²) in [7, 11) is 0. The maximum Gasteiger partial charge on any atom is 0.138 e. The lowest BCUT2D eigenvalue weighted by Gasteiger charge is -2.25. The molecule has 0 bridgehead atoms. The number of benzene rings is 1. The monoisotopic (exact) mass is 259 g/mol. The van der Waals surface area contributed by atoms with E-state index in [9.17, 15) is 5.11 Å². The lowest BCUT2D eigenvalue weighted by Crippen LogP contribution is -2.35. The van der Waals surface area contributed by atoms with Crippen LogP contribution >= 0.6 is 0 Å². The van der Waals surface area contributed by atoms with Crippen LogP contribution in [0.4, 0.5) is 5.82 Å². The second-order valence-electron chi connectivity index (χ2n) is 5.77. The van der Waals surface area contributed by atoms with E-state index in [2.05, 4.69) is 29.1 Å². The van der Waals surface area contributed by atoms with Crippen molar-refractivity contribution in [1.29, 1.82) is 0 Å². The molecule has 0 amide bonds. The molecule has 0 saturated heterocycles. The van der Waals surface area contributed by atoms with E-state index in [4.69, 9.17) is 0 Å². The summed E-state index contributed by atoms with van der Waals surface area (Å²) in [6.07, 6.45) is 0. The second kappa shape index (κ2) is 5.13. The highest BCUT2D eigenvalue weighted by atomic mass is 16.3. The fourth-order valence-corrected chi connectivity index (χ4v) is 1.81. The standard InChI is InChI=1S/C15H21N3O/c1-10(2)13-16-12-8-6-5-7-11(12)14(17-13)18-15(3,4)9-19/h5-8,10,19H,9H2,1-4H3,(H,16,17,18). The summed E-state index contributed by atoms with van der Waals surface area (Å²) >= 11 is 0. The van der Waals surface area contributed by atoms with E-state index in [1.54, 1.807) is 0 Å². The van der Waals surface area contributed by atoms with Gasteiger partial charge in [-0.05, 0) is 26.0 Å². The van der Waals surface area contributed by atoms with Gasteiger partial charge in [0.15, 0.2) is 0 Å². The van der Waals surface area contributed by atoms with Gasteiger partial charge in [0.25, 0.3) is 0 Å². The van der Waals surface area contributed by atoms with E-state index in [-0.39, 0.29) is 12.5 Å². The van der Waals surface area contributed by atoms with Gasteiger partial charge in [0.05, 0.1) is 17.7 Å². The second-order valence-corrected chi connectivity index (χ2v) is 5.77. The molecule has 2 aromatic rings. The van der Waals surface area contributed by atoms with Crippen molar-refractivity contribution in [2.24, 2.45) is 0 Å². The number of nitrogens with one attached hydrogen (secondary N) is 1. The van der Waals surface area contributed by atoms with Crippen molar-refractivity contribution in [3.63, 3.8) is 0 Å². The van der Waals surface area contributed by atoms with Gasteiger partial charge in [0, 0.05) is 11.3 Å². The van der Waals surface area contributed by atoms with Crippen LogP contribution in [0.25, 0.3) is 10.9 Å². The molecule has 0 unspecified atom stereocenters. The normalized spacial score (nSPS) is 12.1. The molecule has 0 aliphatic rings. The molecule has 0 radical (unpaired) electrons. The van der Waals surface area contributed by atoms with Crippen LogP contribution in [-0.2, 0) is 0 Å². The Morgan fingerprint density at radius 2 is 1.89 bits per heavy atom. The summed E-state index contributed by atoms with van der Waals surface area (Å²) in [6, 6.07) is 7.92. The molecule has 102 valence electrons. The van der Waals surface area contributed by atoms with Crippen LogP contribution in [0, 0.1) is 0 Å². The minimum absolute atomic E-state index is 0.0440. The Hall–Kier alpha value is -1.68. The van der Waals surface area contributed by atoms with Crippen molar-refractivity contribution in [3.8, 4) is 0 Å². The van der Waals surface area contributed by atoms with Gasteiger partial charge in [0.1, 0.15) is 11.6 Å². The first-order valence-corrected chi connectivity index (χ1v) is 6.58. The van der Waals surface area contributed by atoms with Gasteiger partial charge in [-0.2, -0.15) is 0 Å². The average Bonchev–Trinajstić information content (AvgIpc) is 2.38. The van der Waals surface area contributed by atoms with Crippen molar-refractivity contribution in [2.75, 3.05) is 11.9 Å². The highest BCUT2D eigenvalue weighted by Crippen LogP contribution is 2.25. The van der Waals surface area contributed by atoms with E-state index >= 15 is 0 Å². The maximum atomic E-state index is 9.40. The van der Waals surface area contributed by atoms with Gasteiger partial charge in [-0.3, -0.25) is 0 Å². The van der Waals surface area contributed by atoms with E-state index in [0.29, 0.717) is 0 Å². The number of aliphatic hydroxyl groups is 1. The Morgan fingerprint density at radius 3 is 2.53 bits per heavy atom. The van der Waals surface area contributed by atoms with E-state index in [0.717, 1.165) is 22.5 Å². The molecule has 0 aliphatic carbocycles. The molecule has 0 saturated carbocycles. The summed E-state index contributed by atoms with van der Waals surface area (Å²) in [5.41, 5.74) is 0.517. The Kier molecular flexibility index (Phi) is 3.71. The summed E-state index contributed by atoms with van der Waals surface area (Å²) < 4.78 is 0. The first-order valence-electron chi connectivity index (χ1n) is 6.58. The third kappa shape index (κ3) is 3.01. The molecule has 1 heterocycles. The number of hydrogen-bond acceptors (Lipinski definition) is 4. The lowest BCUT2D eigenvalue weighted by molar-refractivity contribution is 0.234. The number of anilines is 1. The summed E-state index contributed by atoms with van der Waals surface area (Å²) in [4.78, 5) is 9.18. The topological polar surface area (TPSA) is 58.0 Å². The number of rotatable bonds is 4. The molecule has 0 aliphatic heterocycles. The summed E-state index contributed by atoms with van der Waals surface area (Å²) in [6.45, 7) is 8.08. The Morgan fingerprint density at radius 1 is 1.21 bits per heavy atom. The molecule has 4 nitrogen and oxygen atoms in total. The largest absolute Gasteiger partial charge is 0.394 e. The average molecular weight is 259 g/mol. The maximum absolute atomic E-state index is 9.40. The smallest absolute Gasteiger partial charge is 0.138 e. The summed E-state index contributed by atoms with van der Waals surface area (Å²) in [5, 5.41) is 13.7. The zero-order valence-corrected chi connectivity index (χ0v) is 11.9. The van der Waals surface area contributed by atoms with Crippen LogP contribution in [0.15, 0.2) is 24.3 Å². The quantitative estimate of drug-likeness (QED) is 0.886. The number of aromatic nitrogens is 2. The van der Waals surface area contributed by atoms with Gasteiger partial charge in [-0.15, -0.1) is 0 Å². The molecule has 0 atom stereocenters. The zero-order valence-electron chi connectivity index (χ0n) is 11.9. The SMILES string of the molecule is CC(C)c1nc(NC(C)(C)CO)c2ccccc2n1. The van der Waals surface area contributed by atoms with Gasteiger partial charge in [-0.1, -0.05) is 26.0 Å². The number of fused-ring (bicyclic) bond motifs is 1. The predicted octanol–water partition coefficient (Wildman–Crippen LogP) is 2.94. The molecule has 2 rings (SSSR count). The molecule has 0 spiro atoms. The fraction of sp³-hybridized carbons (Fsp3) is 0.467. The third-order valence-corrected chi connectivity index (χ3v) is 2.99. The molecule has 0 fully saturated rings. The molecule has 4 heteroatoms. The van der Waals surface area contributed by atoms with E-state index < -0.39 is 5.54 Å². The van der Waals surface area contributed by atoms with Crippen LogP contribution in [0.1, 0.15) is 39.4 Å². The number of para-hydroxylation sites is 1. The zero-order chi connectivity index (χ0) is 14.0. The molecule has 2 N–H and O–H groups in total. The first-order chi connectivity index (χ1) is 8.93. The van der Waals surface area contributed by atoms with Crippen LogP contribution in [0.3, 0.4) is 0 Å². The highest BCUT2D eigenvalue weighted by molar-refractivity contribution is 5.89. The van der Waals surface area contributed by atoms with Crippen LogP contribution < -0.4 is 5.32 Å². The van der Waals surface area contributed by atoms with Gasteiger partial charge < -0.3 is 10.4 Å². The van der Waals surface area contributed by atoms with Crippen molar-refractivity contribution in [3.05, 3.63) is 30.1 Å².